The van der Waals surface area contributed by atoms with Crippen LogP contribution in [0.15, 0.2) is 247 Å². The van der Waals surface area contributed by atoms with Crippen molar-refractivity contribution in [1.29, 1.82) is 0 Å². The Morgan fingerprint density at radius 3 is 1.85 bits per heavy atom. The molecular formula is C65H43NO. The summed E-state index contributed by atoms with van der Waals surface area (Å²) in [5.74, 6) is 0. The summed E-state index contributed by atoms with van der Waals surface area (Å²) in [7, 11) is 0. The molecule has 0 N–H and O–H groups in total. The van der Waals surface area contributed by atoms with Crippen LogP contribution in [0.3, 0.4) is 0 Å². The van der Waals surface area contributed by atoms with Crippen LogP contribution in [0.25, 0.3) is 82.8 Å². The van der Waals surface area contributed by atoms with Gasteiger partial charge < -0.3 is 9.32 Å². The van der Waals surface area contributed by atoms with Gasteiger partial charge in [-0.2, -0.15) is 0 Å². The molecule has 3 aliphatic carbocycles. The molecule has 0 saturated carbocycles. The molecule has 1 unspecified atom stereocenters. The molecule has 0 radical (unpaired) electrons. The van der Waals surface area contributed by atoms with Crippen LogP contribution in [0.5, 0.6) is 0 Å². The SMILES string of the molecule is C1=CC2=C(CC1)c1ccccc1C21c2ccccc2-c2cc3c(oc4ccccc43)c(-c3cccc(N(c4ccc(-c5ccccc5)cc4)c4ccc(-c5cccc6ccccc56)cc4)c3)c21. The average Bonchev–Trinajstić information content (AvgIpc) is 4.03. The largest absolute Gasteiger partial charge is 0.455 e. The van der Waals surface area contributed by atoms with Gasteiger partial charge >= 0.3 is 0 Å². The summed E-state index contributed by atoms with van der Waals surface area (Å²) in [6.45, 7) is 0. The fraction of sp³-hybridized carbons (Fsp3) is 0.0462. The quantitative estimate of drug-likeness (QED) is 0.166. The second-order valence-electron chi connectivity index (χ2n) is 18.2. The first-order valence-electron chi connectivity index (χ1n) is 23.5. The number of nitrogens with zero attached hydrogens (tertiary/aromatic N) is 1. The van der Waals surface area contributed by atoms with Gasteiger partial charge in [0.25, 0.3) is 0 Å². The lowest BCUT2D eigenvalue weighted by atomic mass is 9.67. The predicted molar refractivity (Wildman–Crippen MR) is 279 cm³/mol. The fourth-order valence-corrected chi connectivity index (χ4v) is 11.9. The maximum Gasteiger partial charge on any atom is 0.143 e. The van der Waals surface area contributed by atoms with Crippen LogP contribution in [0.2, 0.25) is 0 Å². The summed E-state index contributed by atoms with van der Waals surface area (Å²) in [6.07, 6.45) is 6.90. The van der Waals surface area contributed by atoms with E-state index in [4.69, 9.17) is 4.42 Å². The zero-order valence-electron chi connectivity index (χ0n) is 36.8. The molecule has 2 nitrogen and oxygen atoms in total. The Labute approximate surface area is 390 Å². The van der Waals surface area contributed by atoms with E-state index < -0.39 is 5.41 Å². The third-order valence-electron chi connectivity index (χ3n) is 14.7. The maximum atomic E-state index is 7.15. The van der Waals surface area contributed by atoms with E-state index in [1.807, 2.05) is 0 Å². The number of rotatable bonds is 6. The molecule has 3 aliphatic rings. The Morgan fingerprint density at radius 2 is 1.03 bits per heavy atom. The Morgan fingerprint density at radius 1 is 0.418 bits per heavy atom. The van der Waals surface area contributed by atoms with Gasteiger partial charge in [-0.05, 0) is 144 Å². The molecule has 0 bridgehead atoms. The Balaban J connectivity index is 1.02. The van der Waals surface area contributed by atoms with Gasteiger partial charge in [0.2, 0.25) is 0 Å². The highest BCUT2D eigenvalue weighted by Gasteiger charge is 2.54. The van der Waals surface area contributed by atoms with Crippen LogP contribution in [-0.2, 0) is 5.41 Å². The number of benzene rings is 10. The Bertz CT molecular complexity index is 3850. The summed E-state index contributed by atoms with van der Waals surface area (Å²) >= 11 is 0. The van der Waals surface area contributed by atoms with Crippen LogP contribution in [0.1, 0.15) is 35.1 Å². The molecule has 14 rings (SSSR count). The van der Waals surface area contributed by atoms with E-state index in [-0.39, 0.29) is 0 Å². The number of anilines is 3. The lowest BCUT2D eigenvalue weighted by Crippen LogP contribution is -2.28. The van der Waals surface area contributed by atoms with Crippen LogP contribution in [0, 0.1) is 0 Å². The van der Waals surface area contributed by atoms with Crippen molar-refractivity contribution < 1.29 is 4.42 Å². The molecule has 0 amide bonds. The lowest BCUT2D eigenvalue weighted by molar-refractivity contribution is 0.668. The van der Waals surface area contributed by atoms with Crippen molar-refractivity contribution in [2.24, 2.45) is 0 Å². The van der Waals surface area contributed by atoms with Gasteiger partial charge in [0.05, 0.1) is 5.41 Å². The van der Waals surface area contributed by atoms with Crippen LogP contribution in [0.4, 0.5) is 17.1 Å². The molecule has 1 aromatic heterocycles. The van der Waals surface area contributed by atoms with Crippen molar-refractivity contribution in [1.82, 2.24) is 0 Å². The number of hydrogen-bond acceptors (Lipinski definition) is 2. The minimum Gasteiger partial charge on any atom is -0.455 e. The van der Waals surface area contributed by atoms with E-state index in [1.54, 1.807) is 0 Å². The summed E-state index contributed by atoms with van der Waals surface area (Å²) in [5, 5.41) is 4.76. The van der Waals surface area contributed by atoms with Crippen molar-refractivity contribution in [3.8, 4) is 44.5 Å². The van der Waals surface area contributed by atoms with Crippen LogP contribution >= 0.6 is 0 Å². The molecule has 1 atom stereocenters. The monoisotopic (exact) mass is 853 g/mol. The predicted octanol–water partition coefficient (Wildman–Crippen LogP) is 17.6. The normalized spacial score (nSPS) is 15.6. The molecule has 2 heteroatoms. The number of furan rings is 1. The van der Waals surface area contributed by atoms with E-state index in [0.717, 1.165) is 63.0 Å². The van der Waals surface area contributed by atoms with E-state index in [2.05, 4.69) is 242 Å². The molecule has 1 spiro atoms. The average molecular weight is 854 g/mol. The number of fused-ring (bicyclic) bond motifs is 13. The van der Waals surface area contributed by atoms with Gasteiger partial charge in [0, 0.05) is 33.4 Å². The molecule has 10 aromatic carbocycles. The second-order valence-corrected chi connectivity index (χ2v) is 18.2. The topological polar surface area (TPSA) is 16.4 Å². The highest BCUT2D eigenvalue weighted by atomic mass is 16.3. The van der Waals surface area contributed by atoms with Gasteiger partial charge in [-0.25, -0.2) is 0 Å². The van der Waals surface area contributed by atoms with Gasteiger partial charge in [0.1, 0.15) is 11.2 Å². The first-order valence-corrected chi connectivity index (χ1v) is 23.5. The number of para-hydroxylation sites is 1. The summed E-state index contributed by atoms with van der Waals surface area (Å²) < 4.78 is 7.15. The van der Waals surface area contributed by atoms with Gasteiger partial charge in [-0.3, -0.25) is 0 Å². The molecule has 0 fully saturated rings. The smallest absolute Gasteiger partial charge is 0.143 e. The summed E-state index contributed by atoms with van der Waals surface area (Å²) in [5.41, 5.74) is 22.4. The molecule has 67 heavy (non-hydrogen) atoms. The Kier molecular flexibility index (Phi) is 8.36. The molecule has 0 saturated heterocycles. The van der Waals surface area contributed by atoms with Crippen LogP contribution in [-0.4, -0.2) is 0 Å². The van der Waals surface area contributed by atoms with Crippen molar-refractivity contribution in [3.63, 3.8) is 0 Å². The molecular weight excluding hydrogens is 811 g/mol. The van der Waals surface area contributed by atoms with Crippen molar-refractivity contribution in [3.05, 3.63) is 264 Å². The Hall–Kier alpha value is -8.46. The number of allylic oxidation sites excluding steroid dienone is 4. The molecule has 1 heterocycles. The van der Waals surface area contributed by atoms with E-state index in [1.165, 1.54) is 77.6 Å². The summed E-state index contributed by atoms with van der Waals surface area (Å²) in [4.78, 5) is 2.41. The van der Waals surface area contributed by atoms with E-state index >= 15 is 0 Å². The first-order chi connectivity index (χ1) is 33.2. The molecule has 314 valence electrons. The highest BCUT2D eigenvalue weighted by molar-refractivity contribution is 6.15. The minimum absolute atomic E-state index is 0.516. The lowest BCUT2D eigenvalue weighted by Gasteiger charge is -2.34. The summed E-state index contributed by atoms with van der Waals surface area (Å²) in [6, 6.07) is 82.5. The zero-order valence-corrected chi connectivity index (χ0v) is 36.8. The third-order valence-corrected chi connectivity index (χ3v) is 14.7. The van der Waals surface area contributed by atoms with E-state index in [0.29, 0.717) is 0 Å². The van der Waals surface area contributed by atoms with Crippen molar-refractivity contribution >= 4 is 55.3 Å². The van der Waals surface area contributed by atoms with Crippen LogP contribution < -0.4 is 4.90 Å². The minimum atomic E-state index is -0.516. The van der Waals surface area contributed by atoms with Gasteiger partial charge in [-0.1, -0.05) is 188 Å². The standard InChI is InChI=1S/C65H43NO/c1-2-16-42(17-3-1)43-32-36-47(37-33-43)66(48-38-34-45(35-39-48)51-27-15-19-44-18-4-5-22-50(44)51)49-21-14-20-46(40-49)62-63-56(41-57-55-26-9-13-31-61(55)67-64(57)62)54-25-8-12-30-60(54)65(63)58-28-10-6-23-52(58)53-24-7-11-29-59(53)65/h1-6,8-23,25-41H,7,24H2. The van der Waals surface area contributed by atoms with Crippen molar-refractivity contribution in [2.45, 2.75) is 18.3 Å². The van der Waals surface area contributed by atoms with Crippen molar-refractivity contribution in [2.75, 3.05) is 4.90 Å². The van der Waals surface area contributed by atoms with Gasteiger partial charge in [0.15, 0.2) is 0 Å². The van der Waals surface area contributed by atoms with Gasteiger partial charge in [-0.15, -0.1) is 0 Å². The first kappa shape index (κ1) is 37.9. The molecule has 0 aliphatic heterocycles. The second kappa shape index (κ2) is 14.8. The fourth-order valence-electron chi connectivity index (χ4n) is 11.9. The molecule has 11 aromatic rings. The maximum absolute atomic E-state index is 7.15. The van der Waals surface area contributed by atoms with E-state index in [9.17, 15) is 0 Å². The third kappa shape index (κ3) is 5.57. The highest BCUT2D eigenvalue weighted by Crippen LogP contribution is 2.66. The number of hydrogen-bond donors (Lipinski definition) is 0. The zero-order chi connectivity index (χ0) is 44.1.